The number of aromatic nitrogens is 3. The van der Waals surface area contributed by atoms with Gasteiger partial charge in [-0.1, -0.05) is 72.8 Å². The van der Waals surface area contributed by atoms with Gasteiger partial charge in [-0.15, -0.1) is 0 Å². The molecule has 4 heterocycles. The van der Waals surface area contributed by atoms with E-state index >= 15 is 0 Å². The van der Waals surface area contributed by atoms with Gasteiger partial charge in [-0.3, -0.25) is 9.58 Å². The van der Waals surface area contributed by atoms with Crippen molar-refractivity contribution in [2.75, 3.05) is 44.2 Å². The SMILES string of the molecule is Cn1nc(-c2ccc(OCc3ccccc3)nc2OCc2ccccc2)c2cccc(N3CCC(CN4CCN(C(=O)O)C[C@H]4C(F)(F)F)CC3)c21. The first kappa shape index (κ1) is 35.1. The number of ether oxygens (including phenoxy) is 2. The standard InChI is InChI=1S/C39H41F3N6O4/c1-45-36-30(13-8-14-32(36)46-19-17-27(18-20-46)23-47-21-22-48(38(49)50)24-33(47)39(40,41)42)35(44-45)31-15-16-34(51-25-28-9-4-2-5-10-28)43-37(31)52-26-29-11-6-3-7-12-29/h2-16,27,33H,17-26H2,1H3,(H,49,50)/t33-/m0/s1. The molecule has 0 unspecified atom stereocenters. The molecular weight excluding hydrogens is 673 g/mol. The van der Waals surface area contributed by atoms with Crippen molar-refractivity contribution in [2.24, 2.45) is 13.0 Å². The lowest BCUT2D eigenvalue weighted by Crippen LogP contribution is -2.61. The molecule has 13 heteroatoms. The van der Waals surface area contributed by atoms with Crippen molar-refractivity contribution in [3.8, 4) is 23.0 Å². The highest BCUT2D eigenvalue weighted by Gasteiger charge is 2.47. The van der Waals surface area contributed by atoms with Gasteiger partial charge in [0.25, 0.3) is 0 Å². The van der Waals surface area contributed by atoms with Gasteiger partial charge < -0.3 is 24.4 Å². The second-order valence-electron chi connectivity index (χ2n) is 13.4. The number of para-hydroxylation sites is 1. The number of fused-ring (bicyclic) bond motifs is 1. The molecule has 5 aromatic rings. The van der Waals surface area contributed by atoms with Gasteiger partial charge in [-0.05, 0) is 42.0 Å². The van der Waals surface area contributed by atoms with Crippen molar-refractivity contribution in [1.82, 2.24) is 24.6 Å². The van der Waals surface area contributed by atoms with Crippen molar-refractivity contribution < 1.29 is 32.5 Å². The number of nitrogens with zero attached hydrogens (tertiary/aromatic N) is 6. The van der Waals surface area contributed by atoms with Gasteiger partial charge in [-0.25, -0.2) is 4.79 Å². The monoisotopic (exact) mass is 714 g/mol. The van der Waals surface area contributed by atoms with Crippen LogP contribution in [-0.4, -0.2) is 87.3 Å². The molecule has 1 amide bonds. The van der Waals surface area contributed by atoms with E-state index in [9.17, 15) is 23.1 Å². The molecule has 0 radical (unpaired) electrons. The molecule has 1 atom stereocenters. The molecule has 2 aliphatic rings. The normalized spacial score (nSPS) is 17.4. The van der Waals surface area contributed by atoms with E-state index in [0.29, 0.717) is 38.1 Å². The fourth-order valence-electron chi connectivity index (χ4n) is 7.23. The zero-order valence-corrected chi connectivity index (χ0v) is 28.9. The van der Waals surface area contributed by atoms with Gasteiger partial charge in [0.05, 0.1) is 16.8 Å². The average molecular weight is 715 g/mol. The van der Waals surface area contributed by atoms with E-state index in [1.165, 1.54) is 4.90 Å². The fourth-order valence-corrected chi connectivity index (χ4v) is 7.23. The zero-order chi connectivity index (χ0) is 36.2. The number of piperazine rings is 1. The Morgan fingerprint density at radius 1 is 0.846 bits per heavy atom. The van der Waals surface area contributed by atoms with Crippen LogP contribution in [0.3, 0.4) is 0 Å². The molecule has 52 heavy (non-hydrogen) atoms. The number of pyridine rings is 1. The molecule has 2 aromatic heterocycles. The van der Waals surface area contributed by atoms with Crippen LogP contribution >= 0.6 is 0 Å². The first-order chi connectivity index (χ1) is 25.1. The van der Waals surface area contributed by atoms with Crippen LogP contribution in [0.2, 0.25) is 0 Å². The Bertz CT molecular complexity index is 1980. The summed E-state index contributed by atoms with van der Waals surface area (Å²) in [6.07, 6.45) is -4.38. The Kier molecular flexibility index (Phi) is 10.2. The van der Waals surface area contributed by atoms with Gasteiger partial charge in [0.2, 0.25) is 11.8 Å². The predicted octanol–water partition coefficient (Wildman–Crippen LogP) is 7.24. The second-order valence-corrected chi connectivity index (χ2v) is 13.4. The first-order valence-electron chi connectivity index (χ1n) is 17.5. The van der Waals surface area contributed by atoms with Crippen molar-refractivity contribution in [3.05, 3.63) is 102 Å². The molecular formula is C39H41F3N6O4. The summed E-state index contributed by atoms with van der Waals surface area (Å²) in [4.78, 5) is 20.7. The lowest BCUT2D eigenvalue weighted by Gasteiger charge is -2.43. The molecule has 7 rings (SSSR count). The Morgan fingerprint density at radius 3 is 2.17 bits per heavy atom. The molecule has 1 N–H and O–H groups in total. The van der Waals surface area contributed by atoms with Crippen molar-refractivity contribution >= 4 is 22.7 Å². The third-order valence-electron chi connectivity index (χ3n) is 9.97. The summed E-state index contributed by atoms with van der Waals surface area (Å²) in [7, 11) is 1.91. The van der Waals surface area contributed by atoms with Crippen molar-refractivity contribution in [3.63, 3.8) is 0 Å². The molecule has 272 valence electrons. The quantitative estimate of drug-likeness (QED) is 0.162. The average Bonchev–Trinajstić information content (AvgIpc) is 3.50. The van der Waals surface area contributed by atoms with Crippen LogP contribution in [0.25, 0.3) is 22.2 Å². The molecule has 3 aromatic carbocycles. The van der Waals surface area contributed by atoms with Crippen molar-refractivity contribution in [2.45, 2.75) is 38.3 Å². The summed E-state index contributed by atoms with van der Waals surface area (Å²) in [6.45, 7) is 1.90. The van der Waals surface area contributed by atoms with Gasteiger partial charge in [0.15, 0.2) is 0 Å². The van der Waals surface area contributed by atoms with Crippen LogP contribution in [0.1, 0.15) is 24.0 Å². The van der Waals surface area contributed by atoms with E-state index < -0.39 is 24.9 Å². The number of anilines is 1. The minimum Gasteiger partial charge on any atom is -0.473 e. The van der Waals surface area contributed by atoms with Crippen LogP contribution in [0.4, 0.5) is 23.7 Å². The highest BCUT2D eigenvalue weighted by molar-refractivity contribution is 6.01. The summed E-state index contributed by atoms with van der Waals surface area (Å²) in [5, 5.41) is 15.2. The number of piperidine rings is 1. The Labute approximate surface area is 300 Å². The number of halogens is 3. The number of aryl methyl sites for hydroxylation is 1. The van der Waals surface area contributed by atoms with Gasteiger partial charge >= 0.3 is 12.3 Å². The van der Waals surface area contributed by atoms with E-state index in [4.69, 9.17) is 19.6 Å². The zero-order valence-electron chi connectivity index (χ0n) is 28.9. The largest absolute Gasteiger partial charge is 0.473 e. The van der Waals surface area contributed by atoms with Crippen LogP contribution in [0.5, 0.6) is 11.8 Å². The summed E-state index contributed by atoms with van der Waals surface area (Å²) in [5.74, 6) is 0.906. The van der Waals surface area contributed by atoms with Crippen molar-refractivity contribution in [1.29, 1.82) is 0 Å². The number of carboxylic acid groups (broad SMARTS) is 1. The van der Waals surface area contributed by atoms with Crippen LogP contribution < -0.4 is 14.4 Å². The summed E-state index contributed by atoms with van der Waals surface area (Å²) >= 11 is 0. The lowest BCUT2D eigenvalue weighted by molar-refractivity contribution is -0.196. The fraction of sp³-hybridized carbons (Fsp3) is 0.359. The smallest absolute Gasteiger partial charge is 0.407 e. The highest BCUT2D eigenvalue weighted by Crippen LogP contribution is 2.39. The third kappa shape index (κ3) is 7.79. The number of carbonyl (C=O) groups is 1. The van der Waals surface area contributed by atoms with E-state index in [-0.39, 0.29) is 25.6 Å². The summed E-state index contributed by atoms with van der Waals surface area (Å²) in [5.41, 5.74) is 5.42. The predicted molar refractivity (Wildman–Crippen MR) is 191 cm³/mol. The number of amides is 1. The minimum absolute atomic E-state index is 0.0665. The Morgan fingerprint density at radius 2 is 1.52 bits per heavy atom. The van der Waals surface area contributed by atoms with E-state index in [1.807, 2.05) is 96.7 Å². The van der Waals surface area contributed by atoms with Crippen LogP contribution in [0, 0.1) is 5.92 Å². The minimum atomic E-state index is -4.50. The maximum absolute atomic E-state index is 13.9. The molecule has 2 fully saturated rings. The van der Waals surface area contributed by atoms with E-state index in [1.54, 1.807) is 0 Å². The first-order valence-corrected chi connectivity index (χ1v) is 17.5. The number of benzene rings is 3. The third-order valence-corrected chi connectivity index (χ3v) is 9.97. The van der Waals surface area contributed by atoms with Crippen LogP contribution in [-0.2, 0) is 20.3 Å². The molecule has 2 saturated heterocycles. The highest BCUT2D eigenvalue weighted by atomic mass is 19.4. The molecule has 0 bridgehead atoms. The number of hydrogen-bond donors (Lipinski definition) is 1. The van der Waals surface area contributed by atoms with Crippen LogP contribution in [0.15, 0.2) is 91.0 Å². The number of rotatable bonds is 10. The number of alkyl halides is 3. The molecule has 0 saturated carbocycles. The summed E-state index contributed by atoms with van der Waals surface area (Å²) < 4.78 is 56.1. The molecule has 0 aliphatic carbocycles. The maximum Gasteiger partial charge on any atom is 0.407 e. The molecule has 0 spiro atoms. The summed E-state index contributed by atoms with van der Waals surface area (Å²) in [6, 6.07) is 27.8. The Balaban J connectivity index is 1.10. The second kappa shape index (κ2) is 15.1. The van der Waals surface area contributed by atoms with Gasteiger partial charge in [-0.2, -0.15) is 23.3 Å². The maximum atomic E-state index is 13.9. The number of hydrogen-bond acceptors (Lipinski definition) is 7. The molecule has 2 aliphatic heterocycles. The lowest BCUT2D eigenvalue weighted by atomic mass is 9.94. The van der Waals surface area contributed by atoms with Gasteiger partial charge in [0, 0.05) is 57.8 Å². The topological polar surface area (TPSA) is 96.2 Å². The Hall–Kier alpha value is -5.30. The van der Waals surface area contributed by atoms with Gasteiger partial charge in [0.1, 0.15) is 24.9 Å². The molecule has 10 nitrogen and oxygen atoms in total. The van der Waals surface area contributed by atoms with E-state index in [0.717, 1.165) is 56.7 Å². The van der Waals surface area contributed by atoms with E-state index in [2.05, 4.69) is 11.0 Å².